The van der Waals surface area contributed by atoms with Gasteiger partial charge in [-0.2, -0.15) is 0 Å². The number of hydrogen-bond donors (Lipinski definition) is 1. The Morgan fingerprint density at radius 1 is 1.32 bits per heavy atom. The zero-order chi connectivity index (χ0) is 13.8. The van der Waals surface area contributed by atoms with Gasteiger partial charge in [-0.1, -0.05) is 43.6 Å². The van der Waals surface area contributed by atoms with Gasteiger partial charge in [0.25, 0.3) is 0 Å². The van der Waals surface area contributed by atoms with Gasteiger partial charge in [0.15, 0.2) is 0 Å². The van der Waals surface area contributed by atoms with Gasteiger partial charge in [-0.05, 0) is 36.8 Å². The minimum atomic E-state index is 0.0436. The first kappa shape index (κ1) is 14.8. The van der Waals surface area contributed by atoms with Crippen LogP contribution in [0.25, 0.3) is 0 Å². The Morgan fingerprint density at radius 2 is 2.00 bits per heavy atom. The number of benzene rings is 1. The lowest BCUT2D eigenvalue weighted by molar-refractivity contribution is 0.226. The Balaban J connectivity index is 1.88. The molecule has 2 nitrogen and oxygen atoms in total. The van der Waals surface area contributed by atoms with E-state index >= 15 is 0 Å². The van der Waals surface area contributed by atoms with Crippen LogP contribution in [0.3, 0.4) is 0 Å². The highest BCUT2D eigenvalue weighted by Crippen LogP contribution is 2.29. The monoisotopic (exact) mass is 280 g/mol. The van der Waals surface area contributed by atoms with Crippen molar-refractivity contribution in [2.45, 2.75) is 45.2 Å². The summed E-state index contributed by atoms with van der Waals surface area (Å²) in [6, 6.07) is 8.77. The number of nitrogens with zero attached hydrogens (tertiary/aromatic N) is 1. The topological polar surface area (TPSA) is 29.3 Å². The van der Waals surface area contributed by atoms with Gasteiger partial charge in [-0.15, -0.1) is 0 Å². The van der Waals surface area contributed by atoms with E-state index in [2.05, 4.69) is 18.7 Å². The highest BCUT2D eigenvalue weighted by atomic mass is 35.5. The molecule has 1 aliphatic rings. The van der Waals surface area contributed by atoms with Crippen molar-refractivity contribution >= 4 is 11.6 Å². The molecule has 3 heteroatoms. The summed E-state index contributed by atoms with van der Waals surface area (Å²) >= 11 is 6.20. The van der Waals surface area contributed by atoms with E-state index in [0.29, 0.717) is 0 Å². The maximum absolute atomic E-state index is 6.28. The minimum Gasteiger partial charge on any atom is -0.324 e. The lowest BCUT2D eigenvalue weighted by atomic mass is 10.0. The second-order valence-electron chi connectivity index (χ2n) is 6.04. The first-order valence-corrected chi connectivity index (χ1v) is 7.69. The second kappa shape index (κ2) is 6.74. The van der Waals surface area contributed by atoms with E-state index in [1.165, 1.54) is 19.4 Å². The highest BCUT2D eigenvalue weighted by molar-refractivity contribution is 6.31. The zero-order valence-electron chi connectivity index (χ0n) is 12.0. The molecule has 0 aromatic heterocycles. The van der Waals surface area contributed by atoms with E-state index in [9.17, 15) is 0 Å². The Bertz CT molecular complexity index is 401. The molecule has 0 saturated heterocycles. The Hall–Kier alpha value is -0.570. The molecule has 19 heavy (non-hydrogen) atoms. The molecule has 2 N–H and O–H groups in total. The largest absolute Gasteiger partial charge is 0.324 e. The third-order valence-corrected chi connectivity index (χ3v) is 4.04. The van der Waals surface area contributed by atoms with Crippen molar-refractivity contribution < 1.29 is 0 Å². The van der Waals surface area contributed by atoms with Crippen molar-refractivity contribution in [3.8, 4) is 0 Å². The van der Waals surface area contributed by atoms with Crippen molar-refractivity contribution in [3.05, 3.63) is 34.9 Å². The summed E-state index contributed by atoms with van der Waals surface area (Å²) in [5.41, 5.74) is 7.36. The van der Waals surface area contributed by atoms with Crippen molar-refractivity contribution in [2.75, 3.05) is 13.1 Å². The van der Waals surface area contributed by atoms with Gasteiger partial charge in [-0.25, -0.2) is 0 Å². The highest BCUT2D eigenvalue weighted by Gasteiger charge is 2.29. The fraction of sp³-hybridized carbons (Fsp3) is 0.625. The van der Waals surface area contributed by atoms with Crippen molar-refractivity contribution in [2.24, 2.45) is 11.7 Å². The molecule has 1 aliphatic carbocycles. The van der Waals surface area contributed by atoms with Crippen molar-refractivity contribution in [3.63, 3.8) is 0 Å². The molecule has 0 bridgehead atoms. The van der Waals surface area contributed by atoms with Crippen LogP contribution in [0.1, 0.15) is 44.7 Å². The van der Waals surface area contributed by atoms with Gasteiger partial charge < -0.3 is 10.6 Å². The second-order valence-corrected chi connectivity index (χ2v) is 6.44. The van der Waals surface area contributed by atoms with Crippen molar-refractivity contribution in [1.29, 1.82) is 0 Å². The molecule has 0 spiro atoms. The van der Waals surface area contributed by atoms with Crippen LogP contribution in [0.4, 0.5) is 0 Å². The lowest BCUT2D eigenvalue weighted by Crippen LogP contribution is -2.32. The fourth-order valence-corrected chi connectivity index (χ4v) is 2.84. The molecule has 1 fully saturated rings. The summed E-state index contributed by atoms with van der Waals surface area (Å²) in [5.74, 6) is 0.720. The van der Waals surface area contributed by atoms with Gasteiger partial charge in [0.2, 0.25) is 0 Å². The van der Waals surface area contributed by atoms with Crippen LogP contribution in [0.2, 0.25) is 5.02 Å². The first-order valence-electron chi connectivity index (χ1n) is 7.32. The number of nitrogens with two attached hydrogens (primary N) is 1. The summed E-state index contributed by atoms with van der Waals surface area (Å²) in [5, 5.41) is 0.789. The standard InChI is InChI=1S/C16H25ClN2/c1-12(2)11-19(13-7-8-13)10-9-16(18)14-5-3-4-6-15(14)17/h3-6,12-13,16H,7-11,18H2,1-2H3. The molecule has 1 saturated carbocycles. The predicted molar refractivity (Wildman–Crippen MR) is 82.4 cm³/mol. The summed E-state index contributed by atoms with van der Waals surface area (Å²) in [6.07, 6.45) is 3.69. The fourth-order valence-electron chi connectivity index (χ4n) is 2.57. The molecule has 0 amide bonds. The molecule has 1 aromatic carbocycles. The van der Waals surface area contributed by atoms with Crippen LogP contribution in [0, 0.1) is 5.92 Å². The Labute approximate surface area is 121 Å². The third kappa shape index (κ3) is 4.48. The van der Waals surface area contributed by atoms with Crippen LogP contribution in [0.15, 0.2) is 24.3 Å². The van der Waals surface area contributed by atoms with E-state index < -0.39 is 0 Å². The minimum absolute atomic E-state index is 0.0436. The molecular formula is C16H25ClN2. The predicted octanol–water partition coefficient (Wildman–Crippen LogP) is 3.85. The van der Waals surface area contributed by atoms with E-state index in [1.807, 2.05) is 24.3 Å². The maximum atomic E-state index is 6.28. The molecular weight excluding hydrogens is 256 g/mol. The van der Waals surface area contributed by atoms with Crippen LogP contribution in [-0.4, -0.2) is 24.0 Å². The molecule has 1 atom stereocenters. The smallest absolute Gasteiger partial charge is 0.0453 e. The molecule has 0 aliphatic heterocycles. The van der Waals surface area contributed by atoms with Crippen LogP contribution < -0.4 is 5.73 Å². The van der Waals surface area contributed by atoms with Crippen LogP contribution in [0.5, 0.6) is 0 Å². The van der Waals surface area contributed by atoms with Gasteiger partial charge in [0.1, 0.15) is 0 Å². The van der Waals surface area contributed by atoms with Gasteiger partial charge in [0, 0.05) is 30.2 Å². The van der Waals surface area contributed by atoms with E-state index in [4.69, 9.17) is 17.3 Å². The summed E-state index contributed by atoms with van der Waals surface area (Å²) < 4.78 is 0. The molecule has 2 rings (SSSR count). The number of hydrogen-bond acceptors (Lipinski definition) is 2. The summed E-state index contributed by atoms with van der Waals surface area (Å²) in [6.45, 7) is 6.82. The molecule has 0 radical (unpaired) electrons. The van der Waals surface area contributed by atoms with Crippen LogP contribution in [-0.2, 0) is 0 Å². The van der Waals surface area contributed by atoms with Gasteiger partial charge >= 0.3 is 0 Å². The average molecular weight is 281 g/mol. The first-order chi connectivity index (χ1) is 9.08. The lowest BCUT2D eigenvalue weighted by Gasteiger charge is -2.25. The normalized spacial score (nSPS) is 17.2. The Kier molecular flexibility index (Phi) is 5.26. The Morgan fingerprint density at radius 3 is 2.58 bits per heavy atom. The van der Waals surface area contributed by atoms with Crippen molar-refractivity contribution in [1.82, 2.24) is 4.90 Å². The average Bonchev–Trinajstić information content (AvgIpc) is 3.18. The SMILES string of the molecule is CC(C)CN(CCC(N)c1ccccc1Cl)C1CC1. The maximum Gasteiger partial charge on any atom is 0.0453 e. The van der Waals surface area contributed by atoms with E-state index in [1.54, 1.807) is 0 Å². The molecule has 0 heterocycles. The summed E-state index contributed by atoms with van der Waals surface area (Å²) in [4.78, 5) is 2.60. The number of halogens is 1. The quantitative estimate of drug-likeness (QED) is 0.822. The van der Waals surface area contributed by atoms with Gasteiger partial charge in [0.05, 0.1) is 0 Å². The zero-order valence-corrected chi connectivity index (χ0v) is 12.7. The third-order valence-electron chi connectivity index (χ3n) is 3.69. The molecule has 1 aromatic rings. The number of rotatable bonds is 7. The van der Waals surface area contributed by atoms with E-state index in [0.717, 1.165) is 35.5 Å². The molecule has 1 unspecified atom stereocenters. The molecule has 106 valence electrons. The van der Waals surface area contributed by atoms with Crippen LogP contribution >= 0.6 is 11.6 Å². The summed E-state index contributed by atoms with van der Waals surface area (Å²) in [7, 11) is 0. The van der Waals surface area contributed by atoms with Gasteiger partial charge in [-0.3, -0.25) is 0 Å². The van der Waals surface area contributed by atoms with E-state index in [-0.39, 0.29) is 6.04 Å².